The number of nitrogens with one attached hydrogen (secondary N) is 2. The molecule has 82 valence electrons. The molecule has 1 aliphatic rings. The topological polar surface area (TPSA) is 46.2 Å². The zero-order chi connectivity index (χ0) is 10.5. The lowest BCUT2D eigenvalue weighted by molar-refractivity contribution is 0.115. The second kappa shape index (κ2) is 5.09. The normalized spacial score (nSPS) is 20.5. The highest BCUT2D eigenvalue weighted by molar-refractivity contribution is 5.41. The molecule has 1 fully saturated rings. The standard InChI is InChI=1S/C11H17N3O/c1-2-9-4-3-6-13-11(9)14-15-10-5-7-12-8-10/h3-4,6,10,12H,2,5,7-8H2,1H3,(H,13,14)/t10-/m1/s1. The van der Waals surface area contributed by atoms with Gasteiger partial charge in [0, 0.05) is 12.7 Å². The van der Waals surface area contributed by atoms with Crippen molar-refractivity contribution in [3.8, 4) is 0 Å². The van der Waals surface area contributed by atoms with E-state index in [4.69, 9.17) is 4.84 Å². The summed E-state index contributed by atoms with van der Waals surface area (Å²) in [5.74, 6) is 0.840. The lowest BCUT2D eigenvalue weighted by atomic mass is 10.2. The van der Waals surface area contributed by atoms with Crippen LogP contribution < -0.4 is 10.8 Å². The van der Waals surface area contributed by atoms with E-state index in [1.807, 2.05) is 6.07 Å². The van der Waals surface area contributed by atoms with Gasteiger partial charge < -0.3 is 5.32 Å². The first-order valence-corrected chi connectivity index (χ1v) is 5.46. The number of aromatic nitrogens is 1. The van der Waals surface area contributed by atoms with Gasteiger partial charge in [0.1, 0.15) is 0 Å². The third-order valence-electron chi connectivity index (χ3n) is 2.61. The lowest BCUT2D eigenvalue weighted by Crippen LogP contribution is -2.20. The van der Waals surface area contributed by atoms with Crippen LogP contribution in [0.5, 0.6) is 0 Å². The van der Waals surface area contributed by atoms with Crippen molar-refractivity contribution in [2.75, 3.05) is 18.6 Å². The predicted molar refractivity (Wildman–Crippen MR) is 59.6 cm³/mol. The van der Waals surface area contributed by atoms with Crippen LogP contribution in [0, 0.1) is 0 Å². The molecule has 0 saturated carbocycles. The Balaban J connectivity index is 1.91. The molecule has 0 aliphatic carbocycles. The van der Waals surface area contributed by atoms with Crippen LogP contribution in [-0.4, -0.2) is 24.2 Å². The van der Waals surface area contributed by atoms with E-state index < -0.39 is 0 Å². The molecule has 1 aromatic rings. The quantitative estimate of drug-likeness (QED) is 0.732. The number of hydrogen-bond acceptors (Lipinski definition) is 4. The van der Waals surface area contributed by atoms with E-state index in [0.717, 1.165) is 31.7 Å². The van der Waals surface area contributed by atoms with Crippen LogP contribution in [0.15, 0.2) is 18.3 Å². The van der Waals surface area contributed by atoms with Crippen LogP contribution in [-0.2, 0) is 11.3 Å². The fourth-order valence-electron chi connectivity index (χ4n) is 1.68. The van der Waals surface area contributed by atoms with Crippen LogP contribution >= 0.6 is 0 Å². The number of anilines is 1. The van der Waals surface area contributed by atoms with Crippen LogP contribution in [0.25, 0.3) is 0 Å². The van der Waals surface area contributed by atoms with Crippen molar-refractivity contribution >= 4 is 5.82 Å². The van der Waals surface area contributed by atoms with E-state index in [-0.39, 0.29) is 6.10 Å². The summed E-state index contributed by atoms with van der Waals surface area (Å²) in [6, 6.07) is 4.01. The second-order valence-corrected chi connectivity index (χ2v) is 3.70. The van der Waals surface area contributed by atoms with E-state index in [1.165, 1.54) is 5.56 Å². The van der Waals surface area contributed by atoms with E-state index >= 15 is 0 Å². The number of hydrogen-bond donors (Lipinski definition) is 2. The van der Waals surface area contributed by atoms with Crippen molar-refractivity contribution < 1.29 is 4.84 Å². The van der Waals surface area contributed by atoms with Gasteiger partial charge in [0.05, 0.1) is 6.10 Å². The molecule has 15 heavy (non-hydrogen) atoms. The monoisotopic (exact) mass is 207 g/mol. The second-order valence-electron chi connectivity index (χ2n) is 3.70. The van der Waals surface area contributed by atoms with E-state index in [2.05, 4.69) is 28.8 Å². The van der Waals surface area contributed by atoms with Crippen molar-refractivity contribution in [3.05, 3.63) is 23.9 Å². The summed E-state index contributed by atoms with van der Waals surface area (Å²) in [7, 11) is 0. The van der Waals surface area contributed by atoms with Gasteiger partial charge >= 0.3 is 0 Å². The number of rotatable bonds is 4. The van der Waals surface area contributed by atoms with Gasteiger partial charge in [0.25, 0.3) is 0 Å². The third-order valence-corrected chi connectivity index (χ3v) is 2.61. The highest BCUT2D eigenvalue weighted by atomic mass is 16.7. The average Bonchev–Trinajstić information content (AvgIpc) is 2.79. The van der Waals surface area contributed by atoms with Crippen LogP contribution in [0.2, 0.25) is 0 Å². The summed E-state index contributed by atoms with van der Waals surface area (Å²) < 4.78 is 0. The molecule has 0 aromatic carbocycles. The van der Waals surface area contributed by atoms with Gasteiger partial charge in [-0.05, 0) is 31.0 Å². The van der Waals surface area contributed by atoms with Gasteiger partial charge in [-0.1, -0.05) is 13.0 Å². The summed E-state index contributed by atoms with van der Waals surface area (Å²) in [6.45, 7) is 4.07. The van der Waals surface area contributed by atoms with Crippen molar-refractivity contribution in [2.45, 2.75) is 25.9 Å². The van der Waals surface area contributed by atoms with E-state index in [9.17, 15) is 0 Å². The highest BCUT2D eigenvalue weighted by Crippen LogP contribution is 2.13. The molecule has 1 atom stereocenters. The summed E-state index contributed by atoms with van der Waals surface area (Å²) in [4.78, 5) is 9.81. The summed E-state index contributed by atoms with van der Waals surface area (Å²) in [5.41, 5.74) is 4.14. The van der Waals surface area contributed by atoms with Crippen LogP contribution in [0.1, 0.15) is 18.9 Å². The number of pyridine rings is 1. The summed E-state index contributed by atoms with van der Waals surface area (Å²) in [5, 5.41) is 3.25. The minimum Gasteiger partial charge on any atom is -0.314 e. The van der Waals surface area contributed by atoms with Gasteiger partial charge in [0.15, 0.2) is 5.82 Å². The van der Waals surface area contributed by atoms with E-state index in [1.54, 1.807) is 6.20 Å². The van der Waals surface area contributed by atoms with Crippen molar-refractivity contribution in [2.24, 2.45) is 0 Å². The Labute approximate surface area is 90.0 Å². The third kappa shape index (κ3) is 2.67. The minimum absolute atomic E-state index is 0.261. The Morgan fingerprint density at radius 2 is 2.60 bits per heavy atom. The van der Waals surface area contributed by atoms with Crippen molar-refractivity contribution in [3.63, 3.8) is 0 Å². The number of aryl methyl sites for hydroxylation is 1. The molecule has 0 spiro atoms. The fourth-order valence-corrected chi connectivity index (χ4v) is 1.68. The maximum Gasteiger partial charge on any atom is 0.152 e. The lowest BCUT2D eigenvalue weighted by Gasteiger charge is -2.13. The highest BCUT2D eigenvalue weighted by Gasteiger charge is 2.15. The Kier molecular flexibility index (Phi) is 3.53. The number of nitrogens with zero attached hydrogens (tertiary/aromatic N) is 1. The molecule has 4 heteroatoms. The molecule has 0 unspecified atom stereocenters. The Hall–Kier alpha value is -1.13. The SMILES string of the molecule is CCc1cccnc1NO[C@@H]1CCNC1. The first-order chi connectivity index (χ1) is 7.40. The zero-order valence-corrected chi connectivity index (χ0v) is 8.99. The molecule has 4 nitrogen and oxygen atoms in total. The minimum atomic E-state index is 0.261. The molecule has 0 radical (unpaired) electrons. The Bertz CT molecular complexity index is 310. The molecule has 1 saturated heterocycles. The molecule has 0 bridgehead atoms. The predicted octanol–water partition coefficient (Wildman–Crippen LogP) is 1.35. The molecule has 2 N–H and O–H groups in total. The molecular weight excluding hydrogens is 190 g/mol. The molecule has 1 aromatic heterocycles. The molecule has 2 rings (SSSR count). The van der Waals surface area contributed by atoms with Crippen LogP contribution in [0.4, 0.5) is 5.82 Å². The zero-order valence-electron chi connectivity index (χ0n) is 8.99. The molecular formula is C11H17N3O. The summed E-state index contributed by atoms with van der Waals surface area (Å²) in [6.07, 6.45) is 4.05. The smallest absolute Gasteiger partial charge is 0.152 e. The van der Waals surface area contributed by atoms with Crippen molar-refractivity contribution in [1.82, 2.24) is 10.3 Å². The average molecular weight is 207 g/mol. The van der Waals surface area contributed by atoms with Gasteiger partial charge in [-0.2, -0.15) is 0 Å². The van der Waals surface area contributed by atoms with Crippen molar-refractivity contribution in [1.29, 1.82) is 0 Å². The van der Waals surface area contributed by atoms with Crippen LogP contribution in [0.3, 0.4) is 0 Å². The van der Waals surface area contributed by atoms with Gasteiger partial charge in [-0.15, -0.1) is 0 Å². The summed E-state index contributed by atoms with van der Waals surface area (Å²) >= 11 is 0. The molecule has 0 amide bonds. The fraction of sp³-hybridized carbons (Fsp3) is 0.545. The maximum absolute atomic E-state index is 5.56. The first kappa shape index (κ1) is 10.4. The Morgan fingerprint density at radius 3 is 3.33 bits per heavy atom. The van der Waals surface area contributed by atoms with Gasteiger partial charge in [0.2, 0.25) is 0 Å². The van der Waals surface area contributed by atoms with Gasteiger partial charge in [-0.3, -0.25) is 4.84 Å². The first-order valence-electron chi connectivity index (χ1n) is 5.46. The molecule has 1 aliphatic heterocycles. The largest absolute Gasteiger partial charge is 0.314 e. The van der Waals surface area contributed by atoms with E-state index in [0.29, 0.717) is 0 Å². The maximum atomic E-state index is 5.56. The van der Waals surface area contributed by atoms with Gasteiger partial charge in [-0.25, -0.2) is 10.5 Å². The Morgan fingerprint density at radius 1 is 1.67 bits per heavy atom. The molecule has 2 heterocycles.